The van der Waals surface area contributed by atoms with Crippen molar-refractivity contribution < 1.29 is 64.3 Å². The summed E-state index contributed by atoms with van der Waals surface area (Å²) in [4.78, 5) is 21.3. The van der Waals surface area contributed by atoms with Crippen LogP contribution in [0.1, 0.15) is 16.7 Å². The molecule has 7 aromatic carbocycles. The predicted octanol–water partition coefficient (Wildman–Crippen LogP) is 21.1. The highest BCUT2D eigenvalue weighted by atomic mass is 127. The maximum atomic E-state index is 13.7. The van der Waals surface area contributed by atoms with Crippen LogP contribution in [0.25, 0.3) is 99.8 Å². The maximum Gasteiger partial charge on any atom is 0.492 e. The number of methoxy groups -OCH3 is 4. The molecule has 0 aliphatic carbocycles. The molecule has 0 atom stereocenters. The van der Waals surface area contributed by atoms with Gasteiger partial charge in [-0.2, -0.15) is 34.0 Å². The number of fused-ring (bicyclic) bond motifs is 4. The van der Waals surface area contributed by atoms with E-state index in [1.54, 1.807) is 194 Å². The second-order valence-corrected chi connectivity index (χ2v) is 39.0. The van der Waals surface area contributed by atoms with Crippen LogP contribution in [0.2, 0.25) is 30.1 Å². The van der Waals surface area contributed by atoms with Gasteiger partial charge in [0.05, 0.1) is 58.6 Å². The highest BCUT2D eigenvalue weighted by Crippen LogP contribution is 2.46. The lowest BCUT2D eigenvalue weighted by molar-refractivity contribution is 0.403. The number of rotatable bonds is 17. The van der Waals surface area contributed by atoms with E-state index in [1.165, 1.54) is 69.8 Å². The van der Waals surface area contributed by atoms with E-state index < -0.39 is 44.3 Å². The summed E-state index contributed by atoms with van der Waals surface area (Å²) in [7, 11) is -8.11. The lowest BCUT2D eigenvalue weighted by atomic mass is 9.79. The lowest BCUT2D eigenvalue weighted by Gasteiger charge is -2.09. The minimum Gasteiger partial charge on any atom is -0.497 e. The number of nitrogens with zero attached hydrogens (tertiary/aromatic N) is 7. The molecular formula is C89H71B2Cl6IN8O14S6. The molecule has 0 unspecified atom stereocenters. The molecule has 5 N–H and O–H groups in total. The normalized spacial score (nSPS) is 11.3. The Bertz CT molecular complexity index is 7300. The number of benzene rings is 7. The number of ether oxygens (including phenoxy) is 4. The summed E-state index contributed by atoms with van der Waals surface area (Å²) in [5.74, 6) is 2.18. The first-order chi connectivity index (χ1) is 60.4. The fourth-order valence-corrected chi connectivity index (χ4v) is 21.5. The molecule has 11 heterocycles. The third-order valence-corrected chi connectivity index (χ3v) is 28.9. The number of thiophene rings is 3. The first-order valence-corrected chi connectivity index (χ1v) is 47.9. The van der Waals surface area contributed by atoms with Gasteiger partial charge in [0, 0.05) is 128 Å². The van der Waals surface area contributed by atoms with Gasteiger partial charge in [0.1, 0.15) is 28.6 Å². The predicted molar refractivity (Wildman–Crippen MR) is 519 cm³/mol. The molecule has 37 heteroatoms. The number of halogens is 7. The largest absolute Gasteiger partial charge is 0.497 e. The number of aryl methyl sites for hydroxylation is 3. The Labute approximate surface area is 782 Å². The molecule has 22 nitrogen and oxygen atoms in total. The summed E-state index contributed by atoms with van der Waals surface area (Å²) in [6, 6.07) is 53.9. The summed E-state index contributed by atoms with van der Waals surface area (Å²) >= 11 is 43.4. The van der Waals surface area contributed by atoms with Gasteiger partial charge < -0.3 is 44.0 Å². The van der Waals surface area contributed by atoms with Crippen molar-refractivity contribution in [3.63, 3.8) is 0 Å². The number of nitrogens with one attached hydrogen (secondary N) is 1. The van der Waals surface area contributed by atoms with Crippen LogP contribution in [0.15, 0.2) is 285 Å². The van der Waals surface area contributed by atoms with Crippen LogP contribution in [0.3, 0.4) is 0 Å². The molecule has 126 heavy (non-hydrogen) atoms. The Morgan fingerprint density at radius 3 is 1.14 bits per heavy atom. The van der Waals surface area contributed by atoms with Crippen LogP contribution in [0.4, 0.5) is 0 Å². The molecule has 18 rings (SSSR count). The van der Waals surface area contributed by atoms with E-state index in [9.17, 15) is 25.3 Å². The van der Waals surface area contributed by atoms with Gasteiger partial charge >= 0.3 is 14.2 Å². The van der Waals surface area contributed by atoms with Gasteiger partial charge in [0.15, 0.2) is 16.9 Å². The van der Waals surface area contributed by atoms with Crippen LogP contribution in [0, 0.1) is 24.3 Å². The maximum absolute atomic E-state index is 13.7. The first-order valence-electron chi connectivity index (χ1n) is 37.4. The molecule has 0 aliphatic rings. The second-order valence-electron chi connectivity index (χ2n) is 27.5. The summed E-state index contributed by atoms with van der Waals surface area (Å²) < 4.78 is 105. The van der Waals surface area contributed by atoms with Crippen molar-refractivity contribution in [2.75, 3.05) is 28.4 Å². The minimum absolute atomic E-state index is 0.163. The fourth-order valence-electron chi connectivity index (χ4n) is 13.3. The van der Waals surface area contributed by atoms with E-state index >= 15 is 0 Å². The second kappa shape index (κ2) is 40.9. The van der Waals surface area contributed by atoms with Crippen molar-refractivity contribution in [1.29, 1.82) is 0 Å². The Morgan fingerprint density at radius 1 is 0.373 bits per heavy atom. The SMILES string of the molecule is COc1cc(Cl)ccc1-c1c[nH]c2nccc(-c3ccsc3)c12.COc1cc(Cl)ccc1-c1cn(S(=O)(=O)c2ccc(C)cc2)c2nccc(-c3ccsc3)c12.COc1cc(Cl)ccc1-c1cn(S(=O)(=O)c2ccc(C)cc2)c2nccc(Cl)c12.COc1cc(Cl)ccc1B(O)O.Cc1ccc(S(=O)(=O)n2cc(I)c3c(Cl)ccnc32)cc1.OB(O)c1ccsc1. The molecule has 0 fully saturated rings. The molecule has 18 aromatic rings. The van der Waals surface area contributed by atoms with Crippen molar-refractivity contribution in [2.24, 2.45) is 0 Å². The van der Waals surface area contributed by atoms with E-state index in [1.807, 2.05) is 86.4 Å². The molecule has 0 bridgehead atoms. The topological polar surface area (TPSA) is 302 Å². The zero-order valence-corrected chi connectivity index (χ0v) is 78.8. The van der Waals surface area contributed by atoms with Crippen molar-refractivity contribution in [2.45, 2.75) is 35.5 Å². The number of H-pyrrole nitrogens is 1. The highest BCUT2D eigenvalue weighted by Gasteiger charge is 2.30. The quantitative estimate of drug-likeness (QED) is 0.0418. The Morgan fingerprint density at radius 2 is 0.738 bits per heavy atom. The van der Waals surface area contributed by atoms with E-state index in [-0.39, 0.29) is 20.3 Å². The fraction of sp³-hybridized carbons (Fsp3) is 0.0787. The number of aromatic nitrogens is 8. The zero-order valence-electron chi connectivity index (χ0n) is 67.2. The molecule has 0 saturated heterocycles. The third kappa shape index (κ3) is 20.5. The molecule has 0 radical (unpaired) electrons. The summed E-state index contributed by atoms with van der Waals surface area (Å²) in [5.41, 5.74) is 14.6. The van der Waals surface area contributed by atoms with Gasteiger partial charge in [0.25, 0.3) is 30.1 Å². The molecule has 0 saturated carbocycles. The Balaban J connectivity index is 0.000000135. The van der Waals surface area contributed by atoms with Crippen LogP contribution < -0.4 is 29.9 Å². The summed E-state index contributed by atoms with van der Waals surface area (Å²) in [6.07, 6.45) is 13.1. The Hall–Kier alpha value is -10.1. The molecule has 0 aliphatic heterocycles. The minimum atomic E-state index is -3.89. The molecule has 0 amide bonds. The number of hydrogen-bond donors (Lipinski definition) is 5. The van der Waals surface area contributed by atoms with Crippen molar-refractivity contribution in [1.82, 2.24) is 36.8 Å². The summed E-state index contributed by atoms with van der Waals surface area (Å²) in [5, 5.41) is 52.5. The van der Waals surface area contributed by atoms with Crippen LogP contribution in [0.5, 0.6) is 23.0 Å². The van der Waals surface area contributed by atoms with E-state index in [0.717, 1.165) is 79.8 Å². The van der Waals surface area contributed by atoms with Crippen LogP contribution >= 0.6 is 126 Å². The molecule has 0 spiro atoms. The lowest BCUT2D eigenvalue weighted by Crippen LogP contribution is -2.30. The molecule has 642 valence electrons. The van der Waals surface area contributed by atoms with Crippen molar-refractivity contribution >= 4 is 226 Å². The zero-order chi connectivity index (χ0) is 90.1. The van der Waals surface area contributed by atoms with Crippen molar-refractivity contribution in [3.8, 4) is 78.6 Å². The monoisotopic (exact) mass is 2030 g/mol. The summed E-state index contributed by atoms with van der Waals surface area (Å²) in [6.45, 7) is 5.72. The van der Waals surface area contributed by atoms with Gasteiger partial charge in [-0.25, -0.2) is 57.1 Å². The number of aromatic amines is 1. The van der Waals surface area contributed by atoms with E-state index in [0.29, 0.717) is 97.1 Å². The average Bonchev–Trinajstić information content (AvgIpc) is 1.52. The van der Waals surface area contributed by atoms with E-state index in [2.05, 4.69) is 64.3 Å². The van der Waals surface area contributed by atoms with Gasteiger partial charge in [-0.3, -0.25) is 0 Å². The van der Waals surface area contributed by atoms with Gasteiger partial charge in [-0.15, -0.1) is 0 Å². The van der Waals surface area contributed by atoms with Gasteiger partial charge in [-0.1, -0.05) is 135 Å². The standard InChI is InChI=1S/C25H19ClN2O3S2.C21H16Cl2N2O3S.C18H13ClN2OS.C14H10ClIN2O2S.C7H8BClO3.C4H5BO2S/c1-16-3-6-19(7-4-16)33(29,30)28-14-22(21-8-5-18(26)13-23(21)31-2)24-20(9-11-27-25(24)28)17-10-12-32-15-17;1-13-3-6-15(7-4-13)29(26,27)25-12-17(20-18(23)9-10-24-21(20)25)16-8-5-14(22)11-19(16)28-2;1-22-16-8-12(19)2-3-14(16)15-9-21-18-17(15)13(4-6-20-18)11-5-7-23-10-11;1-9-2-4-10(5-3-9)21(19,20)18-8-12(16)13-11(15)6-7-17-14(13)18;1-12-7-4-5(9)2-3-6(7)8(10)11;6-5(7)4-1-2-8-3-4/h3-15H,1-2H3;3-12H,1-2H3;2-10H,1H3,(H,20,21);2-8H,1H3;2-4,10-11H,1H3;1-3,6-7H. The van der Waals surface area contributed by atoms with Crippen molar-refractivity contribution in [3.05, 3.63) is 320 Å². The van der Waals surface area contributed by atoms with E-state index in [4.69, 9.17) is 109 Å². The van der Waals surface area contributed by atoms with Gasteiger partial charge in [-0.05, 0) is 243 Å². The number of hydrogen-bond acceptors (Lipinski definition) is 21. The smallest absolute Gasteiger partial charge is 0.492 e. The van der Waals surface area contributed by atoms with Gasteiger partial charge in [0.2, 0.25) is 0 Å². The molecule has 11 aromatic heterocycles. The Kier molecular flexibility index (Phi) is 30.4. The number of pyridine rings is 4. The molecular weight excluding hydrogens is 1960 g/mol. The average molecular weight is 2030 g/mol. The highest BCUT2D eigenvalue weighted by molar-refractivity contribution is 14.1. The van der Waals surface area contributed by atoms with Crippen LogP contribution in [-0.2, 0) is 30.1 Å². The first kappa shape index (κ1) is 93.5. The third-order valence-electron chi connectivity index (χ3n) is 19.5. The van der Waals surface area contributed by atoms with Crippen LogP contribution in [-0.4, -0.2) is 125 Å².